The number of hydrogen-bond donors (Lipinski definition) is 1. The molecule has 0 fully saturated rings. The van der Waals surface area contributed by atoms with E-state index in [1.54, 1.807) is 18.2 Å². The average Bonchev–Trinajstić information content (AvgIpc) is 2.63. The van der Waals surface area contributed by atoms with Gasteiger partial charge in [-0.05, 0) is 39.5 Å². The largest absolute Gasteiger partial charge is 0.383 e. The fourth-order valence-electron chi connectivity index (χ4n) is 1.37. The Bertz CT molecular complexity index is 512. The monoisotopic (exact) mass is 336 g/mol. The van der Waals surface area contributed by atoms with Gasteiger partial charge in [0.2, 0.25) is 0 Å². The highest BCUT2D eigenvalue weighted by molar-refractivity contribution is 9.10. The zero-order valence-corrected chi connectivity index (χ0v) is 11.9. The number of hydrogen-bond acceptors (Lipinski definition) is 2. The third kappa shape index (κ3) is 2.44. The number of halogens is 3. The van der Waals surface area contributed by atoms with Crippen LogP contribution in [0.5, 0.6) is 0 Å². The van der Waals surface area contributed by atoms with Gasteiger partial charge in [-0.3, -0.25) is 0 Å². The summed E-state index contributed by atoms with van der Waals surface area (Å²) in [5.41, 5.74) is 0.661. The minimum atomic E-state index is -0.723. The van der Waals surface area contributed by atoms with E-state index in [4.69, 9.17) is 23.2 Å². The van der Waals surface area contributed by atoms with E-state index in [2.05, 4.69) is 15.9 Å². The lowest BCUT2D eigenvalue weighted by molar-refractivity contribution is 0.223. The Kier molecular flexibility index (Phi) is 3.93. The zero-order chi connectivity index (χ0) is 11.7. The van der Waals surface area contributed by atoms with Crippen molar-refractivity contribution in [3.63, 3.8) is 0 Å². The lowest BCUT2D eigenvalue weighted by Crippen LogP contribution is -1.98. The molecule has 0 radical (unpaired) electrons. The summed E-state index contributed by atoms with van der Waals surface area (Å²) in [5.74, 6) is 0. The molecule has 0 saturated carbocycles. The Morgan fingerprint density at radius 2 is 2.00 bits per heavy atom. The van der Waals surface area contributed by atoms with Crippen LogP contribution in [0.3, 0.4) is 0 Å². The first-order valence-electron chi connectivity index (χ1n) is 4.45. The van der Waals surface area contributed by atoms with Gasteiger partial charge < -0.3 is 5.11 Å². The van der Waals surface area contributed by atoms with Crippen molar-refractivity contribution in [1.82, 2.24) is 0 Å². The summed E-state index contributed by atoms with van der Waals surface area (Å²) in [6.45, 7) is 0. The van der Waals surface area contributed by atoms with Crippen LogP contribution in [0.2, 0.25) is 10.0 Å². The lowest BCUT2D eigenvalue weighted by Gasteiger charge is -2.11. The molecule has 1 unspecified atom stereocenters. The third-order valence-electron chi connectivity index (χ3n) is 2.15. The number of rotatable bonds is 2. The second kappa shape index (κ2) is 5.07. The summed E-state index contributed by atoms with van der Waals surface area (Å²) in [6.07, 6.45) is -0.723. The quantitative estimate of drug-likeness (QED) is 0.826. The smallest absolute Gasteiger partial charge is 0.116 e. The summed E-state index contributed by atoms with van der Waals surface area (Å²) in [7, 11) is 0. The van der Waals surface area contributed by atoms with Crippen LogP contribution in [0.25, 0.3) is 0 Å². The standard InChI is InChI=1S/C11H7BrCl2OS/c12-8-3-4-16-11(8)10(15)7-2-1-6(13)5-9(7)14/h1-5,10,15H. The predicted octanol–water partition coefficient (Wildman–Crippen LogP) is 4.90. The molecule has 0 aliphatic rings. The van der Waals surface area contributed by atoms with Gasteiger partial charge in [0.15, 0.2) is 0 Å². The average molecular weight is 338 g/mol. The SMILES string of the molecule is OC(c1ccc(Cl)cc1Cl)c1sccc1Br. The highest BCUT2D eigenvalue weighted by Crippen LogP contribution is 2.36. The van der Waals surface area contributed by atoms with Crippen LogP contribution in [-0.4, -0.2) is 5.11 Å². The molecule has 0 bridgehead atoms. The molecule has 0 aliphatic heterocycles. The first-order chi connectivity index (χ1) is 7.59. The van der Waals surface area contributed by atoms with Gasteiger partial charge in [-0.1, -0.05) is 29.3 Å². The molecule has 1 N–H and O–H groups in total. The molecule has 16 heavy (non-hydrogen) atoms. The number of thiophene rings is 1. The number of aliphatic hydroxyl groups is 1. The maximum Gasteiger partial charge on any atom is 0.116 e. The Labute approximate surface area is 116 Å². The van der Waals surface area contributed by atoms with Crippen molar-refractivity contribution in [2.45, 2.75) is 6.10 Å². The number of aliphatic hydroxyl groups excluding tert-OH is 1. The minimum Gasteiger partial charge on any atom is -0.383 e. The van der Waals surface area contributed by atoms with E-state index in [-0.39, 0.29) is 0 Å². The Balaban J connectivity index is 2.41. The second-order valence-corrected chi connectivity index (χ2v) is 5.85. The molecule has 0 amide bonds. The maximum atomic E-state index is 10.2. The van der Waals surface area contributed by atoms with Gasteiger partial charge in [0.05, 0.1) is 4.88 Å². The van der Waals surface area contributed by atoms with Gasteiger partial charge in [0.1, 0.15) is 6.10 Å². The lowest BCUT2D eigenvalue weighted by atomic mass is 10.1. The highest BCUT2D eigenvalue weighted by atomic mass is 79.9. The van der Waals surface area contributed by atoms with E-state index < -0.39 is 6.10 Å². The van der Waals surface area contributed by atoms with E-state index in [0.717, 1.165) is 9.35 Å². The molecule has 1 nitrogen and oxygen atoms in total. The van der Waals surface area contributed by atoms with Crippen molar-refractivity contribution in [2.75, 3.05) is 0 Å². The summed E-state index contributed by atoms with van der Waals surface area (Å²) in [4.78, 5) is 0.837. The minimum absolute atomic E-state index is 0.473. The van der Waals surface area contributed by atoms with Crippen LogP contribution in [0.4, 0.5) is 0 Å². The van der Waals surface area contributed by atoms with Gasteiger partial charge in [-0.15, -0.1) is 11.3 Å². The van der Waals surface area contributed by atoms with E-state index in [9.17, 15) is 5.11 Å². The van der Waals surface area contributed by atoms with E-state index >= 15 is 0 Å². The van der Waals surface area contributed by atoms with E-state index in [0.29, 0.717) is 15.6 Å². The maximum absolute atomic E-state index is 10.2. The van der Waals surface area contributed by atoms with Crippen LogP contribution >= 0.6 is 50.5 Å². The Hall–Kier alpha value is -0.0600. The molecular weight excluding hydrogens is 331 g/mol. The molecule has 0 saturated heterocycles. The first-order valence-corrected chi connectivity index (χ1v) is 6.88. The summed E-state index contributed by atoms with van der Waals surface area (Å²) in [5, 5.41) is 13.1. The summed E-state index contributed by atoms with van der Waals surface area (Å²) < 4.78 is 0.885. The Morgan fingerprint density at radius 3 is 2.56 bits per heavy atom. The predicted molar refractivity (Wildman–Crippen MR) is 72.5 cm³/mol. The van der Waals surface area contributed by atoms with Crippen molar-refractivity contribution in [3.8, 4) is 0 Å². The fraction of sp³-hybridized carbons (Fsp3) is 0.0909. The molecule has 1 heterocycles. The normalized spacial score (nSPS) is 12.8. The van der Waals surface area contributed by atoms with E-state index in [1.807, 2.05) is 11.4 Å². The van der Waals surface area contributed by atoms with Crippen LogP contribution < -0.4 is 0 Å². The molecule has 1 aromatic carbocycles. The van der Waals surface area contributed by atoms with Gasteiger partial charge >= 0.3 is 0 Å². The molecule has 2 rings (SSSR count). The molecule has 2 aromatic rings. The van der Waals surface area contributed by atoms with Crippen molar-refractivity contribution < 1.29 is 5.11 Å². The molecule has 0 aliphatic carbocycles. The summed E-state index contributed by atoms with van der Waals surface area (Å²) >= 11 is 16.7. The van der Waals surface area contributed by atoms with Crippen molar-refractivity contribution in [3.05, 3.63) is 54.6 Å². The third-order valence-corrected chi connectivity index (χ3v) is 4.64. The highest BCUT2D eigenvalue weighted by Gasteiger charge is 2.17. The van der Waals surface area contributed by atoms with Crippen LogP contribution in [0, 0.1) is 0 Å². The summed E-state index contributed by atoms with van der Waals surface area (Å²) in [6, 6.07) is 6.98. The van der Waals surface area contributed by atoms with Gasteiger partial charge in [0.25, 0.3) is 0 Å². The topological polar surface area (TPSA) is 20.2 Å². The molecular formula is C11H7BrCl2OS. The fourth-order valence-corrected chi connectivity index (χ4v) is 3.47. The molecule has 1 aromatic heterocycles. The van der Waals surface area contributed by atoms with Gasteiger partial charge in [-0.25, -0.2) is 0 Å². The van der Waals surface area contributed by atoms with Crippen molar-refractivity contribution in [2.24, 2.45) is 0 Å². The molecule has 84 valence electrons. The van der Waals surface area contributed by atoms with Crippen molar-refractivity contribution in [1.29, 1.82) is 0 Å². The molecule has 0 spiro atoms. The zero-order valence-electron chi connectivity index (χ0n) is 7.95. The van der Waals surface area contributed by atoms with Gasteiger partial charge in [-0.2, -0.15) is 0 Å². The van der Waals surface area contributed by atoms with Crippen molar-refractivity contribution >= 4 is 50.5 Å². The van der Waals surface area contributed by atoms with Crippen LogP contribution in [0.15, 0.2) is 34.1 Å². The Morgan fingerprint density at radius 1 is 1.25 bits per heavy atom. The van der Waals surface area contributed by atoms with E-state index in [1.165, 1.54) is 11.3 Å². The first kappa shape index (κ1) is 12.4. The van der Waals surface area contributed by atoms with Crippen LogP contribution in [-0.2, 0) is 0 Å². The molecule has 5 heteroatoms. The van der Waals surface area contributed by atoms with Crippen LogP contribution in [0.1, 0.15) is 16.5 Å². The molecule has 1 atom stereocenters. The second-order valence-electron chi connectivity index (χ2n) is 3.20. The van der Waals surface area contributed by atoms with Gasteiger partial charge in [0, 0.05) is 20.1 Å². The number of benzene rings is 1.